The van der Waals surface area contributed by atoms with Gasteiger partial charge in [0.25, 0.3) is 5.91 Å². The van der Waals surface area contributed by atoms with Crippen molar-refractivity contribution in [1.82, 2.24) is 9.97 Å². The van der Waals surface area contributed by atoms with Crippen LogP contribution in [-0.4, -0.2) is 21.8 Å². The van der Waals surface area contributed by atoms with Gasteiger partial charge < -0.3 is 16.0 Å². The number of carbonyl (C=O) groups excluding carboxylic acids is 2. The van der Waals surface area contributed by atoms with E-state index in [4.69, 9.17) is 0 Å². The number of hydrogen-bond acceptors (Lipinski definition) is 5. The lowest BCUT2D eigenvalue weighted by Gasteiger charge is -2.13. The van der Waals surface area contributed by atoms with Crippen molar-refractivity contribution in [2.75, 3.05) is 16.0 Å². The minimum absolute atomic E-state index is 0.153. The molecule has 0 aliphatic carbocycles. The summed E-state index contributed by atoms with van der Waals surface area (Å²) < 4.78 is 0. The average molecular weight is 389 g/mol. The van der Waals surface area contributed by atoms with Crippen molar-refractivity contribution < 1.29 is 9.59 Å². The fourth-order valence-corrected chi connectivity index (χ4v) is 2.93. The third-order valence-electron chi connectivity index (χ3n) is 4.31. The highest BCUT2D eigenvalue weighted by atomic mass is 16.2. The second kappa shape index (κ2) is 8.97. The van der Waals surface area contributed by atoms with Crippen LogP contribution in [0.4, 0.5) is 23.0 Å². The Morgan fingerprint density at radius 3 is 2.52 bits per heavy atom. The molecule has 0 radical (unpaired) electrons. The first kappa shape index (κ1) is 20.0. The van der Waals surface area contributed by atoms with E-state index in [9.17, 15) is 9.59 Å². The van der Waals surface area contributed by atoms with Gasteiger partial charge in [0.15, 0.2) is 0 Å². The fraction of sp³-hybridized carbons (Fsp3) is 0.182. The molecule has 1 aromatic heterocycles. The summed E-state index contributed by atoms with van der Waals surface area (Å²) in [5.41, 5.74) is 4.49. The van der Waals surface area contributed by atoms with Gasteiger partial charge in [-0.3, -0.25) is 9.59 Å². The zero-order chi connectivity index (χ0) is 20.8. The van der Waals surface area contributed by atoms with E-state index in [0.717, 1.165) is 23.2 Å². The Morgan fingerprint density at radius 1 is 1.00 bits per heavy atom. The van der Waals surface area contributed by atoms with E-state index in [0.29, 0.717) is 11.4 Å². The number of rotatable bonds is 6. The maximum Gasteiger partial charge on any atom is 0.274 e. The number of benzene rings is 2. The van der Waals surface area contributed by atoms with E-state index in [-0.39, 0.29) is 23.5 Å². The van der Waals surface area contributed by atoms with Crippen molar-refractivity contribution in [3.8, 4) is 0 Å². The van der Waals surface area contributed by atoms with Crippen molar-refractivity contribution in [3.63, 3.8) is 0 Å². The molecule has 0 bridgehead atoms. The normalized spacial score (nSPS) is 10.3. The number of aromatic nitrogens is 2. The van der Waals surface area contributed by atoms with Crippen molar-refractivity contribution in [2.45, 2.75) is 27.2 Å². The van der Waals surface area contributed by atoms with Gasteiger partial charge in [-0.05, 0) is 48.7 Å². The Bertz CT molecular complexity index is 1050. The zero-order valence-corrected chi connectivity index (χ0v) is 16.6. The third kappa shape index (κ3) is 5.16. The smallest absolute Gasteiger partial charge is 0.274 e. The molecule has 148 valence electrons. The van der Waals surface area contributed by atoms with Crippen LogP contribution in [0.1, 0.15) is 35.5 Å². The summed E-state index contributed by atoms with van der Waals surface area (Å²) in [6, 6.07) is 14.7. The topological polar surface area (TPSA) is 96.0 Å². The number of carbonyl (C=O) groups is 2. The SMILES string of the molecule is CCc1cccc(C)c1NC(=O)c1ccnc(Nc2cccc(NC(C)=O)c2)n1. The van der Waals surface area contributed by atoms with Crippen LogP contribution >= 0.6 is 0 Å². The summed E-state index contributed by atoms with van der Waals surface area (Å²) in [5, 5.41) is 8.74. The Balaban J connectivity index is 1.78. The molecule has 3 N–H and O–H groups in total. The molecule has 0 aliphatic rings. The molecule has 0 saturated carbocycles. The maximum atomic E-state index is 12.7. The molecule has 0 atom stereocenters. The largest absolute Gasteiger partial charge is 0.326 e. The van der Waals surface area contributed by atoms with E-state index in [1.165, 1.54) is 13.1 Å². The van der Waals surface area contributed by atoms with Crippen LogP contribution in [-0.2, 0) is 11.2 Å². The quantitative estimate of drug-likeness (QED) is 0.584. The predicted octanol–water partition coefficient (Wildman–Crippen LogP) is 4.30. The molecule has 7 heteroatoms. The number of para-hydroxylation sites is 1. The number of hydrogen-bond donors (Lipinski definition) is 3. The summed E-state index contributed by atoms with van der Waals surface area (Å²) in [6.45, 7) is 5.46. The molecule has 2 amide bonds. The lowest BCUT2D eigenvalue weighted by atomic mass is 10.1. The highest BCUT2D eigenvalue weighted by Crippen LogP contribution is 2.22. The molecule has 0 unspecified atom stereocenters. The van der Waals surface area contributed by atoms with Gasteiger partial charge in [0.05, 0.1) is 0 Å². The maximum absolute atomic E-state index is 12.7. The molecule has 0 aliphatic heterocycles. The van der Waals surface area contributed by atoms with Crippen LogP contribution in [0.5, 0.6) is 0 Å². The standard InChI is InChI=1S/C22H23N5O2/c1-4-16-8-5-7-14(2)20(16)27-21(29)19-11-12-23-22(26-19)25-18-10-6-9-17(13-18)24-15(3)28/h5-13H,4H2,1-3H3,(H,24,28)(H,27,29)(H,23,25,26). The molecule has 0 spiro atoms. The molecule has 2 aromatic carbocycles. The van der Waals surface area contributed by atoms with Gasteiger partial charge in [0.2, 0.25) is 11.9 Å². The van der Waals surface area contributed by atoms with E-state index >= 15 is 0 Å². The van der Waals surface area contributed by atoms with Gasteiger partial charge >= 0.3 is 0 Å². The molecular weight excluding hydrogens is 366 g/mol. The summed E-state index contributed by atoms with van der Waals surface area (Å²) in [5.74, 6) is -0.163. The van der Waals surface area contributed by atoms with Crippen LogP contribution < -0.4 is 16.0 Å². The third-order valence-corrected chi connectivity index (χ3v) is 4.31. The number of nitrogens with zero attached hydrogens (tertiary/aromatic N) is 2. The van der Waals surface area contributed by atoms with Gasteiger partial charge in [-0.25, -0.2) is 9.97 Å². The van der Waals surface area contributed by atoms with Gasteiger partial charge in [-0.1, -0.05) is 31.2 Å². The van der Waals surface area contributed by atoms with E-state index in [1.54, 1.807) is 24.3 Å². The fourth-order valence-electron chi connectivity index (χ4n) is 2.93. The van der Waals surface area contributed by atoms with Crippen LogP contribution in [0.3, 0.4) is 0 Å². The molecule has 3 aromatic rings. The van der Waals surface area contributed by atoms with Gasteiger partial charge in [0.1, 0.15) is 5.69 Å². The van der Waals surface area contributed by atoms with Crippen LogP contribution in [0.2, 0.25) is 0 Å². The first-order valence-corrected chi connectivity index (χ1v) is 9.34. The van der Waals surface area contributed by atoms with E-state index < -0.39 is 0 Å². The number of aryl methyl sites for hydroxylation is 2. The van der Waals surface area contributed by atoms with Crippen molar-refractivity contribution in [1.29, 1.82) is 0 Å². The summed E-state index contributed by atoms with van der Waals surface area (Å²) >= 11 is 0. The lowest BCUT2D eigenvalue weighted by molar-refractivity contribution is -0.114. The van der Waals surface area contributed by atoms with E-state index in [2.05, 4.69) is 25.9 Å². The Kier molecular flexibility index (Phi) is 6.19. The van der Waals surface area contributed by atoms with Gasteiger partial charge in [-0.2, -0.15) is 0 Å². The van der Waals surface area contributed by atoms with Crippen molar-refractivity contribution in [2.24, 2.45) is 0 Å². The minimum atomic E-state index is -0.300. The molecule has 7 nitrogen and oxygen atoms in total. The molecule has 0 fully saturated rings. The number of nitrogens with one attached hydrogen (secondary N) is 3. The lowest BCUT2D eigenvalue weighted by Crippen LogP contribution is -2.16. The van der Waals surface area contributed by atoms with Crippen molar-refractivity contribution in [3.05, 3.63) is 71.5 Å². The predicted molar refractivity (Wildman–Crippen MR) is 115 cm³/mol. The second-order valence-electron chi connectivity index (χ2n) is 6.57. The number of amides is 2. The zero-order valence-electron chi connectivity index (χ0n) is 16.6. The first-order valence-electron chi connectivity index (χ1n) is 9.34. The first-order chi connectivity index (χ1) is 14.0. The molecular formula is C22H23N5O2. The number of anilines is 4. The minimum Gasteiger partial charge on any atom is -0.326 e. The van der Waals surface area contributed by atoms with Crippen LogP contribution in [0, 0.1) is 6.92 Å². The Hall–Kier alpha value is -3.74. The van der Waals surface area contributed by atoms with Crippen LogP contribution in [0.25, 0.3) is 0 Å². The monoisotopic (exact) mass is 389 g/mol. The molecule has 3 rings (SSSR count). The highest BCUT2D eigenvalue weighted by molar-refractivity contribution is 6.03. The summed E-state index contributed by atoms with van der Waals surface area (Å²) in [6.07, 6.45) is 2.35. The summed E-state index contributed by atoms with van der Waals surface area (Å²) in [4.78, 5) is 32.5. The molecule has 29 heavy (non-hydrogen) atoms. The van der Waals surface area contributed by atoms with E-state index in [1.807, 2.05) is 38.1 Å². The van der Waals surface area contributed by atoms with Crippen LogP contribution in [0.15, 0.2) is 54.7 Å². The van der Waals surface area contributed by atoms with Crippen molar-refractivity contribution >= 4 is 34.8 Å². The Morgan fingerprint density at radius 2 is 1.76 bits per heavy atom. The molecule has 0 saturated heterocycles. The van der Waals surface area contributed by atoms with Gasteiger partial charge in [0, 0.05) is 30.2 Å². The summed E-state index contributed by atoms with van der Waals surface area (Å²) in [7, 11) is 0. The molecule has 1 heterocycles. The second-order valence-corrected chi connectivity index (χ2v) is 6.57. The highest BCUT2D eigenvalue weighted by Gasteiger charge is 2.13. The Labute approximate surface area is 169 Å². The average Bonchev–Trinajstić information content (AvgIpc) is 2.69. The van der Waals surface area contributed by atoms with Gasteiger partial charge in [-0.15, -0.1) is 0 Å².